The molecule has 5 rings (SSSR count). The van der Waals surface area contributed by atoms with Gasteiger partial charge in [0.25, 0.3) is 11.8 Å². The van der Waals surface area contributed by atoms with Crippen LogP contribution in [0.25, 0.3) is 0 Å². The van der Waals surface area contributed by atoms with E-state index in [1.807, 2.05) is 4.90 Å². The lowest BCUT2D eigenvalue weighted by molar-refractivity contribution is -0.136. The molecule has 0 saturated heterocycles. The zero-order valence-electron chi connectivity index (χ0n) is 21.9. The van der Waals surface area contributed by atoms with Gasteiger partial charge in [0.2, 0.25) is 11.9 Å². The standard InChI is InChI=1S/C28H29F2N5O3S/c1-17(36)34-16-19-12-23(39(3)38)10-11-24(19)25(34)26(37)33-21-13-31-27(32-14-21)35(22-8-9-22)15-18-4-6-20(7-5-18)28(2,29)30/h4-7,10-14,22,25H,8-9,15-16H2,1-3H3,(H,33,37). The summed E-state index contributed by atoms with van der Waals surface area (Å²) in [6, 6.07) is 10.9. The van der Waals surface area contributed by atoms with Crippen molar-refractivity contribution >= 4 is 34.2 Å². The molecule has 1 N–H and O–H groups in total. The van der Waals surface area contributed by atoms with E-state index in [9.17, 15) is 22.6 Å². The molecular weight excluding hydrogens is 524 g/mol. The Bertz CT molecular complexity index is 1420. The van der Waals surface area contributed by atoms with Gasteiger partial charge in [-0.1, -0.05) is 30.3 Å². The van der Waals surface area contributed by atoms with Gasteiger partial charge in [-0.2, -0.15) is 0 Å². The Morgan fingerprint density at radius 2 is 1.79 bits per heavy atom. The number of nitrogens with one attached hydrogen (secondary N) is 1. The fraction of sp³-hybridized carbons (Fsp3) is 0.357. The Labute approximate surface area is 227 Å². The molecule has 1 saturated carbocycles. The van der Waals surface area contributed by atoms with Gasteiger partial charge in [0.1, 0.15) is 6.04 Å². The first-order chi connectivity index (χ1) is 18.5. The molecular formula is C28H29F2N5O3S. The molecule has 1 aromatic heterocycles. The van der Waals surface area contributed by atoms with Crippen molar-refractivity contribution in [1.82, 2.24) is 14.9 Å². The molecule has 2 aliphatic rings. The zero-order chi connectivity index (χ0) is 27.9. The average molecular weight is 554 g/mol. The van der Waals surface area contributed by atoms with Gasteiger partial charge in [-0.25, -0.2) is 18.7 Å². The van der Waals surface area contributed by atoms with E-state index in [1.54, 1.807) is 36.6 Å². The number of hydrogen-bond acceptors (Lipinski definition) is 6. The molecule has 204 valence electrons. The first kappa shape index (κ1) is 26.9. The molecule has 3 aromatic rings. The predicted octanol–water partition coefficient (Wildman–Crippen LogP) is 4.54. The lowest BCUT2D eigenvalue weighted by Crippen LogP contribution is -2.35. The van der Waals surface area contributed by atoms with E-state index >= 15 is 0 Å². The normalized spacial score (nSPS) is 17.5. The quantitative estimate of drug-likeness (QED) is 0.440. The number of fused-ring (bicyclic) bond motifs is 1. The number of amides is 2. The number of hydrogen-bond donors (Lipinski definition) is 1. The molecule has 0 bridgehead atoms. The van der Waals surface area contributed by atoms with Crippen LogP contribution >= 0.6 is 0 Å². The maximum absolute atomic E-state index is 13.6. The maximum Gasteiger partial charge on any atom is 0.270 e. The summed E-state index contributed by atoms with van der Waals surface area (Å²) in [6.07, 6.45) is 6.60. The van der Waals surface area contributed by atoms with Crippen molar-refractivity contribution in [2.75, 3.05) is 16.5 Å². The minimum absolute atomic E-state index is 0.0328. The van der Waals surface area contributed by atoms with Crippen LogP contribution in [0, 0.1) is 0 Å². The minimum atomic E-state index is -2.89. The first-order valence-electron chi connectivity index (χ1n) is 12.6. The summed E-state index contributed by atoms with van der Waals surface area (Å²) >= 11 is 0. The van der Waals surface area contributed by atoms with Crippen molar-refractivity contribution in [2.45, 2.75) is 62.7 Å². The van der Waals surface area contributed by atoms with E-state index in [0.717, 1.165) is 30.9 Å². The fourth-order valence-corrected chi connectivity index (χ4v) is 5.34. The summed E-state index contributed by atoms with van der Waals surface area (Å²) in [5.74, 6) is -3.04. The van der Waals surface area contributed by atoms with Crippen molar-refractivity contribution in [1.29, 1.82) is 0 Å². The third kappa shape index (κ3) is 5.83. The second-order valence-corrected chi connectivity index (χ2v) is 11.4. The summed E-state index contributed by atoms with van der Waals surface area (Å²) in [6.45, 7) is 3.03. The number of carbonyl (C=O) groups is 2. The van der Waals surface area contributed by atoms with Crippen molar-refractivity contribution in [2.24, 2.45) is 0 Å². The maximum atomic E-state index is 13.6. The molecule has 2 amide bonds. The third-order valence-corrected chi connectivity index (χ3v) is 7.93. The minimum Gasteiger partial charge on any atom is -0.334 e. The van der Waals surface area contributed by atoms with Crippen molar-refractivity contribution in [3.63, 3.8) is 0 Å². The van der Waals surface area contributed by atoms with Crippen LogP contribution in [0.1, 0.15) is 55.0 Å². The fourth-order valence-electron chi connectivity index (χ4n) is 4.78. The van der Waals surface area contributed by atoms with E-state index in [-0.39, 0.29) is 24.1 Å². The average Bonchev–Trinajstić information content (AvgIpc) is 3.66. The van der Waals surface area contributed by atoms with Crippen LogP contribution in [0.2, 0.25) is 0 Å². The molecule has 2 atom stereocenters. The Morgan fingerprint density at radius 3 is 2.36 bits per heavy atom. The van der Waals surface area contributed by atoms with Crippen molar-refractivity contribution in [3.8, 4) is 0 Å². The van der Waals surface area contributed by atoms with Crippen LogP contribution in [-0.4, -0.2) is 43.2 Å². The molecule has 1 fully saturated rings. The number of alkyl halides is 2. The number of anilines is 2. The molecule has 1 aliphatic heterocycles. The summed E-state index contributed by atoms with van der Waals surface area (Å²) in [4.78, 5) is 38.7. The molecule has 2 aromatic carbocycles. The van der Waals surface area contributed by atoms with E-state index in [4.69, 9.17) is 0 Å². The predicted molar refractivity (Wildman–Crippen MR) is 144 cm³/mol. The number of aromatic nitrogens is 2. The van der Waals surface area contributed by atoms with E-state index in [2.05, 4.69) is 15.3 Å². The van der Waals surface area contributed by atoms with Gasteiger partial charge in [0.15, 0.2) is 0 Å². The van der Waals surface area contributed by atoms with Gasteiger partial charge in [0.05, 0.1) is 18.1 Å². The Balaban J connectivity index is 1.31. The van der Waals surface area contributed by atoms with Crippen LogP contribution < -0.4 is 10.2 Å². The second kappa shape index (κ2) is 10.4. The van der Waals surface area contributed by atoms with Gasteiger partial charge < -0.3 is 15.1 Å². The lowest BCUT2D eigenvalue weighted by atomic mass is 10.0. The largest absolute Gasteiger partial charge is 0.334 e. The SMILES string of the molecule is CC(=O)N1Cc2cc(S(C)=O)ccc2C1C(=O)Nc1cnc(N(Cc2ccc(C(C)(F)F)cc2)C2CC2)nc1. The molecule has 0 spiro atoms. The molecule has 39 heavy (non-hydrogen) atoms. The van der Waals surface area contributed by atoms with Gasteiger partial charge in [-0.05, 0) is 41.7 Å². The highest BCUT2D eigenvalue weighted by Gasteiger charge is 2.38. The number of nitrogens with zero attached hydrogens (tertiary/aromatic N) is 4. The van der Waals surface area contributed by atoms with Gasteiger partial charge in [0, 0.05) is 60.5 Å². The van der Waals surface area contributed by atoms with Gasteiger partial charge >= 0.3 is 0 Å². The zero-order valence-corrected chi connectivity index (χ0v) is 22.7. The van der Waals surface area contributed by atoms with Gasteiger partial charge in [-0.3, -0.25) is 13.8 Å². The lowest BCUT2D eigenvalue weighted by Gasteiger charge is -2.24. The second-order valence-electron chi connectivity index (χ2n) is 10.1. The van der Waals surface area contributed by atoms with Crippen LogP contribution in [0.3, 0.4) is 0 Å². The van der Waals surface area contributed by atoms with E-state index < -0.39 is 28.7 Å². The van der Waals surface area contributed by atoms with Crippen LogP contribution in [0.15, 0.2) is 59.8 Å². The van der Waals surface area contributed by atoms with Crippen LogP contribution in [0.4, 0.5) is 20.4 Å². The van der Waals surface area contributed by atoms with Crippen LogP contribution in [-0.2, 0) is 39.4 Å². The monoisotopic (exact) mass is 553 g/mol. The van der Waals surface area contributed by atoms with Gasteiger partial charge in [-0.15, -0.1) is 0 Å². The highest BCUT2D eigenvalue weighted by molar-refractivity contribution is 7.84. The summed E-state index contributed by atoms with van der Waals surface area (Å²) in [5, 5.41) is 2.82. The molecule has 0 radical (unpaired) electrons. The molecule has 2 unspecified atom stereocenters. The summed E-state index contributed by atoms with van der Waals surface area (Å²) in [5.41, 5.74) is 2.71. The smallest absolute Gasteiger partial charge is 0.270 e. The van der Waals surface area contributed by atoms with E-state index in [0.29, 0.717) is 28.6 Å². The molecule has 11 heteroatoms. The topological polar surface area (TPSA) is 95.5 Å². The Morgan fingerprint density at radius 1 is 1.13 bits per heavy atom. The number of carbonyl (C=O) groups excluding carboxylic acids is 2. The van der Waals surface area contributed by atoms with E-state index in [1.165, 1.54) is 36.4 Å². The molecule has 8 nitrogen and oxygen atoms in total. The number of benzene rings is 2. The summed E-state index contributed by atoms with van der Waals surface area (Å²) in [7, 11) is -1.17. The Hall–Kier alpha value is -3.73. The highest BCUT2D eigenvalue weighted by Crippen LogP contribution is 2.36. The molecule has 1 aliphatic carbocycles. The summed E-state index contributed by atoms with van der Waals surface area (Å²) < 4.78 is 39.0. The van der Waals surface area contributed by atoms with Crippen LogP contribution in [0.5, 0.6) is 0 Å². The first-order valence-corrected chi connectivity index (χ1v) is 14.2. The van der Waals surface area contributed by atoms with Crippen molar-refractivity contribution < 1.29 is 22.6 Å². The van der Waals surface area contributed by atoms with Crippen molar-refractivity contribution in [3.05, 3.63) is 77.1 Å². The number of rotatable bonds is 8. The Kier molecular flexibility index (Phi) is 7.19. The highest BCUT2D eigenvalue weighted by atomic mass is 32.2. The number of halogens is 2. The third-order valence-electron chi connectivity index (χ3n) is 7.01. The molecule has 2 heterocycles.